The second kappa shape index (κ2) is 7.55. The molecule has 2 aromatic rings. The molecule has 0 aliphatic carbocycles. The quantitative estimate of drug-likeness (QED) is 0.650. The molecule has 3 rings (SSSR count). The molecule has 1 aromatic carbocycles. The smallest absolute Gasteiger partial charge is 0.152 e. The number of halogens is 1. The molecule has 5 nitrogen and oxygen atoms in total. The van der Waals surface area contributed by atoms with Crippen molar-refractivity contribution in [1.29, 1.82) is 0 Å². The van der Waals surface area contributed by atoms with Crippen LogP contribution in [0.4, 0.5) is 11.6 Å². The number of hydrazone groups is 1. The van der Waals surface area contributed by atoms with Crippen molar-refractivity contribution in [3.05, 3.63) is 46.2 Å². The summed E-state index contributed by atoms with van der Waals surface area (Å²) in [7, 11) is 0. The van der Waals surface area contributed by atoms with E-state index in [4.69, 9.17) is 0 Å². The Morgan fingerprint density at radius 1 is 1.13 bits per heavy atom. The summed E-state index contributed by atoms with van der Waals surface area (Å²) in [5, 5.41) is 4.27. The molecule has 0 spiro atoms. The molecule has 0 bridgehead atoms. The van der Waals surface area contributed by atoms with Gasteiger partial charge in [-0.15, -0.1) is 0 Å². The Bertz CT molecular complexity index is 678. The number of anilines is 2. The van der Waals surface area contributed by atoms with E-state index in [0.717, 1.165) is 40.6 Å². The van der Waals surface area contributed by atoms with E-state index in [1.807, 2.05) is 37.3 Å². The fourth-order valence-electron chi connectivity index (χ4n) is 2.62. The maximum Gasteiger partial charge on any atom is 0.152 e. The Morgan fingerprint density at radius 3 is 2.61 bits per heavy atom. The Morgan fingerprint density at radius 2 is 1.87 bits per heavy atom. The van der Waals surface area contributed by atoms with Crippen molar-refractivity contribution < 1.29 is 0 Å². The van der Waals surface area contributed by atoms with E-state index in [-0.39, 0.29) is 0 Å². The summed E-state index contributed by atoms with van der Waals surface area (Å²) in [6.07, 6.45) is 5.55. The second-order valence-electron chi connectivity index (χ2n) is 5.63. The first-order valence-corrected chi connectivity index (χ1v) is 8.65. The van der Waals surface area contributed by atoms with Gasteiger partial charge in [0, 0.05) is 23.6 Å². The highest BCUT2D eigenvalue weighted by atomic mass is 79.9. The van der Waals surface area contributed by atoms with Gasteiger partial charge in [-0.05, 0) is 43.9 Å². The lowest BCUT2D eigenvalue weighted by Gasteiger charge is -2.27. The normalized spacial score (nSPS) is 15.1. The fourth-order valence-corrected chi connectivity index (χ4v) is 2.88. The lowest BCUT2D eigenvalue weighted by Crippen LogP contribution is -2.30. The SMILES string of the molecule is Cc1nc(N/N=C\c2ccc(Br)cc2)cc(N2CCCCC2)n1. The van der Waals surface area contributed by atoms with Crippen molar-refractivity contribution >= 4 is 33.8 Å². The first-order valence-electron chi connectivity index (χ1n) is 7.86. The average molecular weight is 374 g/mol. The van der Waals surface area contributed by atoms with Gasteiger partial charge < -0.3 is 4.90 Å². The van der Waals surface area contributed by atoms with Crippen LogP contribution in [-0.2, 0) is 0 Å². The monoisotopic (exact) mass is 373 g/mol. The van der Waals surface area contributed by atoms with E-state index < -0.39 is 0 Å². The number of aromatic nitrogens is 2. The zero-order valence-corrected chi connectivity index (χ0v) is 14.8. The summed E-state index contributed by atoms with van der Waals surface area (Å²) in [5.74, 6) is 2.47. The molecule has 1 aliphatic heterocycles. The van der Waals surface area contributed by atoms with Gasteiger partial charge in [0.05, 0.1) is 6.21 Å². The van der Waals surface area contributed by atoms with Gasteiger partial charge in [0.25, 0.3) is 0 Å². The van der Waals surface area contributed by atoms with Crippen molar-refractivity contribution in [2.75, 3.05) is 23.4 Å². The molecule has 0 unspecified atom stereocenters. The van der Waals surface area contributed by atoms with Crippen LogP contribution >= 0.6 is 15.9 Å². The molecule has 6 heteroatoms. The Hall–Kier alpha value is -1.95. The molecule has 23 heavy (non-hydrogen) atoms. The average Bonchev–Trinajstić information content (AvgIpc) is 2.57. The molecule has 0 amide bonds. The summed E-state index contributed by atoms with van der Waals surface area (Å²) in [6, 6.07) is 9.95. The second-order valence-corrected chi connectivity index (χ2v) is 6.54. The fraction of sp³-hybridized carbons (Fsp3) is 0.353. The number of hydrogen-bond acceptors (Lipinski definition) is 5. The Kier molecular flexibility index (Phi) is 5.23. The van der Waals surface area contributed by atoms with Crippen molar-refractivity contribution in [3.63, 3.8) is 0 Å². The van der Waals surface area contributed by atoms with Gasteiger partial charge in [0.2, 0.25) is 0 Å². The largest absolute Gasteiger partial charge is 0.356 e. The number of nitrogens with zero attached hydrogens (tertiary/aromatic N) is 4. The predicted octanol–water partition coefficient (Wildman–Crippen LogP) is 3.98. The van der Waals surface area contributed by atoms with Crippen LogP contribution in [0.1, 0.15) is 30.7 Å². The summed E-state index contributed by atoms with van der Waals surface area (Å²) in [6.45, 7) is 4.05. The standard InChI is InChI=1S/C17H20BrN5/c1-13-20-16(11-17(21-13)23-9-3-2-4-10-23)22-19-12-14-5-7-15(18)8-6-14/h5-8,11-12H,2-4,9-10H2,1H3,(H,20,21,22)/b19-12-. The zero-order valence-electron chi connectivity index (χ0n) is 13.2. The predicted molar refractivity (Wildman–Crippen MR) is 98.2 cm³/mol. The van der Waals surface area contributed by atoms with E-state index in [2.05, 4.69) is 41.3 Å². The first kappa shape index (κ1) is 15.9. The summed E-state index contributed by atoms with van der Waals surface area (Å²) < 4.78 is 1.06. The number of rotatable bonds is 4. The van der Waals surface area contributed by atoms with Crippen molar-refractivity contribution in [1.82, 2.24) is 9.97 Å². The molecular formula is C17H20BrN5. The Balaban J connectivity index is 1.69. The molecule has 1 saturated heterocycles. The van der Waals surface area contributed by atoms with Crippen molar-refractivity contribution in [2.45, 2.75) is 26.2 Å². The van der Waals surface area contributed by atoms with Crippen molar-refractivity contribution in [3.8, 4) is 0 Å². The molecule has 0 radical (unpaired) electrons. The van der Waals surface area contributed by atoms with Gasteiger partial charge in [-0.1, -0.05) is 28.1 Å². The van der Waals surface area contributed by atoms with Gasteiger partial charge in [-0.2, -0.15) is 5.10 Å². The van der Waals surface area contributed by atoms with Crippen LogP contribution in [0.15, 0.2) is 39.9 Å². The minimum atomic E-state index is 0.728. The van der Waals surface area contributed by atoms with Crippen LogP contribution in [-0.4, -0.2) is 29.3 Å². The maximum atomic E-state index is 4.55. The number of piperidine rings is 1. The van der Waals surface area contributed by atoms with Crippen LogP contribution in [0, 0.1) is 6.92 Å². The van der Waals surface area contributed by atoms with Gasteiger partial charge in [-0.25, -0.2) is 9.97 Å². The van der Waals surface area contributed by atoms with Crippen LogP contribution in [0.2, 0.25) is 0 Å². The third kappa shape index (κ3) is 4.51. The number of benzene rings is 1. The molecule has 120 valence electrons. The first-order chi connectivity index (χ1) is 11.2. The van der Waals surface area contributed by atoms with E-state index in [1.54, 1.807) is 6.21 Å². The van der Waals surface area contributed by atoms with E-state index in [9.17, 15) is 0 Å². The van der Waals surface area contributed by atoms with Crippen LogP contribution in [0.5, 0.6) is 0 Å². The molecule has 0 atom stereocenters. The minimum Gasteiger partial charge on any atom is -0.356 e. The molecule has 1 aromatic heterocycles. The van der Waals surface area contributed by atoms with Crippen molar-refractivity contribution in [2.24, 2.45) is 5.10 Å². The molecule has 1 N–H and O–H groups in total. The topological polar surface area (TPSA) is 53.4 Å². The highest BCUT2D eigenvalue weighted by Gasteiger charge is 2.13. The van der Waals surface area contributed by atoms with Gasteiger partial charge in [0.15, 0.2) is 5.82 Å². The third-order valence-electron chi connectivity index (χ3n) is 3.77. The lowest BCUT2D eigenvalue weighted by molar-refractivity contribution is 0.572. The zero-order chi connectivity index (χ0) is 16.1. The lowest BCUT2D eigenvalue weighted by atomic mass is 10.1. The van der Waals surface area contributed by atoms with E-state index in [0.29, 0.717) is 0 Å². The van der Waals surface area contributed by atoms with Gasteiger partial charge in [-0.3, -0.25) is 5.43 Å². The number of hydrogen-bond donors (Lipinski definition) is 1. The van der Waals surface area contributed by atoms with Crippen LogP contribution in [0.3, 0.4) is 0 Å². The summed E-state index contributed by atoms with van der Waals surface area (Å²) >= 11 is 3.42. The molecule has 1 fully saturated rings. The van der Waals surface area contributed by atoms with Crippen LogP contribution < -0.4 is 10.3 Å². The van der Waals surface area contributed by atoms with E-state index in [1.165, 1.54) is 19.3 Å². The van der Waals surface area contributed by atoms with E-state index >= 15 is 0 Å². The van der Waals surface area contributed by atoms with Gasteiger partial charge >= 0.3 is 0 Å². The number of aryl methyl sites for hydroxylation is 1. The highest BCUT2D eigenvalue weighted by molar-refractivity contribution is 9.10. The highest BCUT2D eigenvalue weighted by Crippen LogP contribution is 2.20. The molecule has 2 heterocycles. The Labute approximate surface area is 145 Å². The van der Waals surface area contributed by atoms with Gasteiger partial charge in [0.1, 0.15) is 11.6 Å². The molecule has 1 aliphatic rings. The minimum absolute atomic E-state index is 0.728. The summed E-state index contributed by atoms with van der Waals surface area (Å²) in [4.78, 5) is 11.3. The maximum absolute atomic E-state index is 4.55. The molecule has 0 saturated carbocycles. The number of nitrogens with one attached hydrogen (secondary N) is 1. The summed E-state index contributed by atoms with van der Waals surface area (Å²) in [5.41, 5.74) is 4.04. The third-order valence-corrected chi connectivity index (χ3v) is 4.30. The van der Waals surface area contributed by atoms with Crippen LogP contribution in [0.25, 0.3) is 0 Å². The molecular weight excluding hydrogens is 354 g/mol.